The van der Waals surface area contributed by atoms with Crippen LogP contribution in [0.15, 0.2) is 18.2 Å². The first-order valence-corrected chi connectivity index (χ1v) is 5.17. The van der Waals surface area contributed by atoms with Gasteiger partial charge in [-0.05, 0) is 19.1 Å². The molecule has 0 spiro atoms. The molecule has 1 aromatic carbocycles. The van der Waals surface area contributed by atoms with E-state index < -0.39 is 16.8 Å². The van der Waals surface area contributed by atoms with Crippen LogP contribution >= 0.6 is 0 Å². The third kappa shape index (κ3) is 3.55. The Kier molecular flexibility index (Phi) is 4.36. The molecule has 7 heteroatoms. The van der Waals surface area contributed by atoms with Crippen molar-refractivity contribution in [3.05, 3.63) is 39.4 Å². The average Bonchev–Trinajstić information content (AvgIpc) is 2.27. The van der Waals surface area contributed by atoms with Crippen molar-refractivity contribution in [1.82, 2.24) is 5.32 Å². The molecule has 0 heterocycles. The highest BCUT2D eigenvalue weighted by atomic mass is 16.6. The van der Waals surface area contributed by atoms with Crippen LogP contribution in [0.5, 0.6) is 0 Å². The molecule has 0 aliphatic heterocycles. The number of carbonyl (C=O) groups is 2. The number of amides is 1. The van der Waals surface area contributed by atoms with Gasteiger partial charge in [-0.25, -0.2) is 0 Å². The molecule has 1 aromatic rings. The average molecular weight is 252 g/mol. The van der Waals surface area contributed by atoms with E-state index in [0.29, 0.717) is 5.56 Å². The fourth-order valence-corrected chi connectivity index (χ4v) is 1.39. The van der Waals surface area contributed by atoms with Gasteiger partial charge in [-0.2, -0.15) is 0 Å². The van der Waals surface area contributed by atoms with Crippen LogP contribution in [0.25, 0.3) is 0 Å². The van der Waals surface area contributed by atoms with Gasteiger partial charge in [0.2, 0.25) is 0 Å². The normalized spacial score (nSPS) is 9.83. The smallest absolute Gasteiger partial charge is 0.305 e. The number of carboxylic acids is 1. The van der Waals surface area contributed by atoms with E-state index in [4.69, 9.17) is 5.11 Å². The zero-order valence-electron chi connectivity index (χ0n) is 9.67. The number of carboxylic acid groups (broad SMARTS) is 1. The third-order valence-electron chi connectivity index (χ3n) is 2.28. The zero-order chi connectivity index (χ0) is 13.7. The Morgan fingerprint density at radius 2 is 2.11 bits per heavy atom. The Labute approximate surface area is 103 Å². The van der Waals surface area contributed by atoms with Crippen molar-refractivity contribution in [2.75, 3.05) is 6.54 Å². The number of hydrogen-bond donors (Lipinski definition) is 2. The molecule has 7 nitrogen and oxygen atoms in total. The maximum atomic E-state index is 11.6. The maximum Gasteiger partial charge on any atom is 0.305 e. The Bertz CT molecular complexity index is 498. The minimum absolute atomic E-state index is 0.0181. The molecule has 0 atom stereocenters. The van der Waals surface area contributed by atoms with E-state index in [1.54, 1.807) is 0 Å². The minimum Gasteiger partial charge on any atom is -0.481 e. The van der Waals surface area contributed by atoms with Gasteiger partial charge in [0.15, 0.2) is 0 Å². The number of nitro groups is 1. The first-order chi connectivity index (χ1) is 8.41. The summed E-state index contributed by atoms with van der Waals surface area (Å²) in [6.45, 7) is 1.55. The highest BCUT2D eigenvalue weighted by molar-refractivity contribution is 5.94. The number of hydrogen-bond acceptors (Lipinski definition) is 4. The molecule has 0 saturated carbocycles. The van der Waals surface area contributed by atoms with Gasteiger partial charge in [-0.15, -0.1) is 0 Å². The first kappa shape index (κ1) is 13.6. The monoisotopic (exact) mass is 252 g/mol. The van der Waals surface area contributed by atoms with Crippen LogP contribution < -0.4 is 5.32 Å². The Hall–Kier alpha value is -2.44. The van der Waals surface area contributed by atoms with Crippen LogP contribution in [0.1, 0.15) is 22.3 Å². The maximum absolute atomic E-state index is 11.6. The lowest BCUT2D eigenvalue weighted by atomic mass is 10.1. The highest BCUT2D eigenvalue weighted by Gasteiger charge is 2.13. The minimum atomic E-state index is -1.00. The second-order valence-electron chi connectivity index (χ2n) is 3.66. The lowest BCUT2D eigenvalue weighted by molar-refractivity contribution is -0.385. The molecule has 0 fully saturated rings. The molecule has 0 saturated heterocycles. The summed E-state index contributed by atoms with van der Waals surface area (Å²) in [5.41, 5.74) is 0.589. The molecule has 1 amide bonds. The quantitative estimate of drug-likeness (QED) is 0.602. The standard InChI is InChI=1S/C11H12N2O5/c1-7-6-8(2-3-9(7)13(17)18)11(16)12-5-4-10(14)15/h2-3,6H,4-5H2,1H3,(H,12,16)(H,14,15). The van der Waals surface area contributed by atoms with E-state index >= 15 is 0 Å². The lowest BCUT2D eigenvalue weighted by Gasteiger charge is -2.04. The van der Waals surface area contributed by atoms with Crippen LogP contribution in [-0.2, 0) is 4.79 Å². The number of aliphatic carboxylic acids is 1. The molecule has 2 N–H and O–H groups in total. The molecule has 0 aliphatic rings. The van der Waals surface area contributed by atoms with Crippen molar-refractivity contribution >= 4 is 17.6 Å². The van der Waals surface area contributed by atoms with Gasteiger partial charge in [0, 0.05) is 23.7 Å². The molecule has 0 unspecified atom stereocenters. The summed E-state index contributed by atoms with van der Waals surface area (Å²) in [5.74, 6) is -1.45. The van der Waals surface area contributed by atoms with E-state index in [0.717, 1.165) is 0 Å². The molecule has 0 radical (unpaired) electrons. The fourth-order valence-electron chi connectivity index (χ4n) is 1.39. The predicted octanol–water partition coefficient (Wildman–Crippen LogP) is 1.11. The van der Waals surface area contributed by atoms with Gasteiger partial charge in [0.1, 0.15) is 0 Å². The van der Waals surface area contributed by atoms with E-state index in [-0.39, 0.29) is 24.2 Å². The number of nitro benzene ring substituents is 1. The van der Waals surface area contributed by atoms with E-state index in [2.05, 4.69) is 5.32 Å². The van der Waals surface area contributed by atoms with Gasteiger partial charge < -0.3 is 10.4 Å². The Morgan fingerprint density at radius 1 is 1.44 bits per heavy atom. The van der Waals surface area contributed by atoms with Gasteiger partial charge in [0.05, 0.1) is 11.3 Å². The predicted molar refractivity (Wildman–Crippen MR) is 62.4 cm³/mol. The number of carbonyl (C=O) groups excluding carboxylic acids is 1. The molecule has 0 bridgehead atoms. The summed E-state index contributed by atoms with van der Waals surface area (Å²) < 4.78 is 0. The van der Waals surface area contributed by atoms with Gasteiger partial charge in [-0.1, -0.05) is 0 Å². The van der Waals surface area contributed by atoms with Crippen molar-refractivity contribution in [3.8, 4) is 0 Å². The zero-order valence-corrected chi connectivity index (χ0v) is 9.67. The van der Waals surface area contributed by atoms with Crippen LogP contribution in [-0.4, -0.2) is 28.5 Å². The van der Waals surface area contributed by atoms with Crippen LogP contribution in [0.2, 0.25) is 0 Å². The summed E-state index contributed by atoms with van der Waals surface area (Å²) in [6.07, 6.45) is -0.169. The Morgan fingerprint density at radius 3 is 2.61 bits per heavy atom. The topological polar surface area (TPSA) is 110 Å². The molecular weight excluding hydrogens is 240 g/mol. The van der Waals surface area contributed by atoms with E-state index in [1.807, 2.05) is 0 Å². The Balaban J connectivity index is 2.72. The molecule has 1 rings (SSSR count). The summed E-state index contributed by atoms with van der Waals surface area (Å²) >= 11 is 0. The first-order valence-electron chi connectivity index (χ1n) is 5.17. The summed E-state index contributed by atoms with van der Waals surface area (Å²) in [6, 6.07) is 3.98. The molecule has 0 aliphatic carbocycles. The fraction of sp³-hybridized carbons (Fsp3) is 0.273. The van der Waals surface area contributed by atoms with Crippen molar-refractivity contribution in [2.45, 2.75) is 13.3 Å². The second kappa shape index (κ2) is 5.76. The SMILES string of the molecule is Cc1cc(C(=O)NCCC(=O)O)ccc1[N+](=O)[O-]. The van der Waals surface area contributed by atoms with Crippen molar-refractivity contribution in [2.24, 2.45) is 0 Å². The molecular formula is C11H12N2O5. The van der Waals surface area contributed by atoms with Crippen LogP contribution in [0.3, 0.4) is 0 Å². The van der Waals surface area contributed by atoms with Crippen molar-refractivity contribution < 1.29 is 19.6 Å². The number of aryl methyl sites for hydroxylation is 1. The van der Waals surface area contributed by atoms with Crippen molar-refractivity contribution in [1.29, 1.82) is 0 Å². The van der Waals surface area contributed by atoms with Gasteiger partial charge in [-0.3, -0.25) is 19.7 Å². The van der Waals surface area contributed by atoms with E-state index in [1.165, 1.54) is 25.1 Å². The highest BCUT2D eigenvalue weighted by Crippen LogP contribution is 2.18. The van der Waals surface area contributed by atoms with Crippen molar-refractivity contribution in [3.63, 3.8) is 0 Å². The van der Waals surface area contributed by atoms with Gasteiger partial charge in [0.25, 0.3) is 11.6 Å². The number of nitrogens with zero attached hydrogens (tertiary/aromatic N) is 1. The largest absolute Gasteiger partial charge is 0.481 e. The molecule has 18 heavy (non-hydrogen) atoms. The van der Waals surface area contributed by atoms with E-state index in [9.17, 15) is 19.7 Å². The molecule has 96 valence electrons. The summed E-state index contributed by atoms with van der Waals surface area (Å²) in [5, 5.41) is 21.4. The van der Waals surface area contributed by atoms with Crippen LogP contribution in [0, 0.1) is 17.0 Å². The summed E-state index contributed by atoms with van der Waals surface area (Å²) in [4.78, 5) is 31.9. The van der Waals surface area contributed by atoms with Gasteiger partial charge >= 0.3 is 5.97 Å². The third-order valence-corrected chi connectivity index (χ3v) is 2.28. The van der Waals surface area contributed by atoms with Crippen LogP contribution in [0.4, 0.5) is 5.69 Å². The number of rotatable bonds is 5. The molecule has 0 aromatic heterocycles. The second-order valence-corrected chi connectivity index (χ2v) is 3.66. The lowest BCUT2D eigenvalue weighted by Crippen LogP contribution is -2.26. The number of benzene rings is 1. The summed E-state index contributed by atoms with van der Waals surface area (Å²) in [7, 11) is 0. The number of nitrogens with one attached hydrogen (secondary N) is 1.